The molecule has 0 heterocycles. The molecule has 134 valence electrons. The molecule has 0 radical (unpaired) electrons. The van der Waals surface area contributed by atoms with Gasteiger partial charge in [0.1, 0.15) is 0 Å². The van der Waals surface area contributed by atoms with Crippen LogP contribution in [0.15, 0.2) is 11.1 Å². The lowest BCUT2D eigenvalue weighted by Gasteiger charge is -2.26. The van der Waals surface area contributed by atoms with E-state index in [-0.39, 0.29) is 0 Å². The molecule has 5 unspecified atom stereocenters. The van der Waals surface area contributed by atoms with Crippen LogP contribution in [0.25, 0.3) is 0 Å². The van der Waals surface area contributed by atoms with Gasteiger partial charge in [-0.25, -0.2) is 0 Å². The molecule has 0 aliphatic heterocycles. The van der Waals surface area contributed by atoms with Crippen LogP contribution in [0.3, 0.4) is 0 Å². The largest absolute Gasteiger partial charge is 0.0741 e. The van der Waals surface area contributed by atoms with Gasteiger partial charge < -0.3 is 0 Å². The number of rotatable bonds is 5. The minimum absolute atomic E-state index is 0.889. The third kappa shape index (κ3) is 5.95. The van der Waals surface area contributed by atoms with Crippen molar-refractivity contribution < 1.29 is 0 Å². The molecule has 0 N–H and O–H groups in total. The molecule has 0 spiro atoms. The van der Waals surface area contributed by atoms with Crippen LogP contribution in [0.5, 0.6) is 0 Å². The first-order valence-corrected chi connectivity index (χ1v) is 10.7. The Hall–Kier alpha value is -0.260. The smallest absolute Gasteiger partial charge is 0.0289 e. The topological polar surface area (TPSA) is 0 Å². The maximum absolute atomic E-state index is 2.55. The molecule has 23 heavy (non-hydrogen) atoms. The summed E-state index contributed by atoms with van der Waals surface area (Å²) < 4.78 is 0. The minimum atomic E-state index is 0.889. The molecule has 0 heteroatoms. The van der Waals surface area contributed by atoms with E-state index in [0.717, 1.165) is 29.6 Å². The van der Waals surface area contributed by atoms with Gasteiger partial charge in [-0.2, -0.15) is 0 Å². The number of hydrogen-bond donors (Lipinski definition) is 0. The van der Waals surface area contributed by atoms with Crippen molar-refractivity contribution in [1.29, 1.82) is 0 Å². The van der Waals surface area contributed by atoms with Gasteiger partial charge in [0.15, 0.2) is 0 Å². The summed E-state index contributed by atoms with van der Waals surface area (Å²) in [5.74, 6) is 4.83. The Kier molecular flexibility index (Phi) is 7.70. The molecule has 0 aromatic heterocycles. The SMILES string of the molecule is CCC(C(C)CC1=C(C)CCCCCCC(C)CC1)C1CC1C. The molecule has 2 aliphatic carbocycles. The highest BCUT2D eigenvalue weighted by Gasteiger charge is 2.40. The van der Waals surface area contributed by atoms with Crippen molar-refractivity contribution in [3.8, 4) is 0 Å². The Labute approximate surface area is 146 Å². The van der Waals surface area contributed by atoms with Crippen LogP contribution in [-0.2, 0) is 0 Å². The third-order valence-electron chi connectivity index (χ3n) is 7.03. The summed E-state index contributed by atoms with van der Waals surface area (Å²) in [4.78, 5) is 0. The Morgan fingerprint density at radius 2 is 1.70 bits per heavy atom. The first-order chi connectivity index (χ1) is 11.0. The normalized spacial score (nSPS) is 33.0. The van der Waals surface area contributed by atoms with E-state index in [1.807, 2.05) is 5.57 Å². The van der Waals surface area contributed by atoms with Gasteiger partial charge in [-0.15, -0.1) is 0 Å². The van der Waals surface area contributed by atoms with Crippen LogP contribution in [-0.4, -0.2) is 0 Å². The van der Waals surface area contributed by atoms with Gasteiger partial charge >= 0.3 is 0 Å². The summed E-state index contributed by atoms with van der Waals surface area (Å²) in [7, 11) is 0. The van der Waals surface area contributed by atoms with E-state index in [1.54, 1.807) is 5.57 Å². The molecule has 5 atom stereocenters. The van der Waals surface area contributed by atoms with Gasteiger partial charge in [0, 0.05) is 0 Å². The minimum Gasteiger partial charge on any atom is -0.0741 e. The Bertz CT molecular complexity index is 377. The van der Waals surface area contributed by atoms with Crippen molar-refractivity contribution in [2.24, 2.45) is 29.6 Å². The van der Waals surface area contributed by atoms with Crippen LogP contribution < -0.4 is 0 Å². The van der Waals surface area contributed by atoms with E-state index >= 15 is 0 Å². The molecule has 0 amide bonds. The van der Waals surface area contributed by atoms with Crippen LogP contribution in [0.2, 0.25) is 0 Å². The highest BCUT2D eigenvalue weighted by molar-refractivity contribution is 5.13. The van der Waals surface area contributed by atoms with Crippen molar-refractivity contribution in [3.05, 3.63) is 11.1 Å². The molecule has 0 saturated heterocycles. The lowest BCUT2D eigenvalue weighted by molar-refractivity contribution is 0.291. The average molecular weight is 319 g/mol. The summed E-state index contributed by atoms with van der Waals surface area (Å²) >= 11 is 0. The van der Waals surface area contributed by atoms with E-state index in [9.17, 15) is 0 Å². The second-order valence-electron chi connectivity index (χ2n) is 9.11. The summed E-state index contributed by atoms with van der Waals surface area (Å²) in [5, 5.41) is 0. The molecular weight excluding hydrogens is 276 g/mol. The van der Waals surface area contributed by atoms with Crippen LogP contribution >= 0.6 is 0 Å². The highest BCUT2D eigenvalue weighted by Crippen LogP contribution is 2.49. The summed E-state index contributed by atoms with van der Waals surface area (Å²) in [5.41, 5.74) is 3.60. The van der Waals surface area contributed by atoms with Gasteiger partial charge in [0.2, 0.25) is 0 Å². The fraction of sp³-hybridized carbons (Fsp3) is 0.913. The van der Waals surface area contributed by atoms with E-state index in [1.165, 1.54) is 70.6 Å². The Morgan fingerprint density at radius 1 is 1.00 bits per heavy atom. The fourth-order valence-corrected chi connectivity index (χ4v) is 5.08. The summed E-state index contributed by atoms with van der Waals surface area (Å²) in [6.45, 7) is 12.4. The van der Waals surface area contributed by atoms with Crippen molar-refractivity contribution in [2.75, 3.05) is 0 Å². The van der Waals surface area contributed by atoms with E-state index < -0.39 is 0 Å². The van der Waals surface area contributed by atoms with Crippen molar-refractivity contribution >= 4 is 0 Å². The van der Waals surface area contributed by atoms with Crippen LogP contribution in [0, 0.1) is 29.6 Å². The average Bonchev–Trinajstić information content (AvgIpc) is 3.23. The van der Waals surface area contributed by atoms with Gasteiger partial charge in [0.25, 0.3) is 0 Å². The predicted octanol–water partition coefficient (Wildman–Crippen LogP) is 7.78. The maximum Gasteiger partial charge on any atom is -0.0289 e. The van der Waals surface area contributed by atoms with E-state index in [4.69, 9.17) is 0 Å². The first-order valence-electron chi connectivity index (χ1n) is 10.7. The van der Waals surface area contributed by atoms with Gasteiger partial charge in [-0.1, -0.05) is 70.9 Å². The molecule has 2 aliphatic rings. The lowest BCUT2D eigenvalue weighted by Crippen LogP contribution is -2.15. The van der Waals surface area contributed by atoms with E-state index in [0.29, 0.717) is 0 Å². The van der Waals surface area contributed by atoms with Crippen LogP contribution in [0.4, 0.5) is 0 Å². The van der Waals surface area contributed by atoms with Crippen molar-refractivity contribution in [1.82, 2.24) is 0 Å². The second-order valence-corrected chi connectivity index (χ2v) is 9.11. The molecule has 2 rings (SSSR count). The molecular formula is C23H42. The second kappa shape index (κ2) is 9.28. The fourth-order valence-electron chi connectivity index (χ4n) is 5.08. The zero-order valence-corrected chi connectivity index (χ0v) is 16.7. The third-order valence-corrected chi connectivity index (χ3v) is 7.03. The summed E-state index contributed by atoms with van der Waals surface area (Å²) in [6, 6.07) is 0. The predicted molar refractivity (Wildman–Crippen MR) is 104 cm³/mol. The van der Waals surface area contributed by atoms with Crippen molar-refractivity contribution in [3.63, 3.8) is 0 Å². The standard InChI is InChI=1S/C23H42/c1-6-22(23-16-20(23)5)19(4)15-21-14-13-17(2)11-9-7-8-10-12-18(21)3/h17,19-20,22-23H,6-16H2,1-5H3. The molecule has 1 saturated carbocycles. The van der Waals surface area contributed by atoms with Crippen molar-refractivity contribution in [2.45, 2.75) is 105 Å². The molecule has 0 aromatic carbocycles. The molecule has 0 bridgehead atoms. The number of hydrogen-bond acceptors (Lipinski definition) is 0. The van der Waals surface area contributed by atoms with Gasteiger partial charge in [0.05, 0.1) is 0 Å². The molecule has 1 fully saturated rings. The Balaban J connectivity index is 1.99. The Morgan fingerprint density at radius 3 is 2.35 bits per heavy atom. The van der Waals surface area contributed by atoms with Gasteiger partial charge in [-0.3, -0.25) is 0 Å². The maximum atomic E-state index is 2.55. The van der Waals surface area contributed by atoms with Crippen LogP contribution in [0.1, 0.15) is 105 Å². The van der Waals surface area contributed by atoms with E-state index in [2.05, 4.69) is 34.6 Å². The zero-order chi connectivity index (χ0) is 16.8. The highest BCUT2D eigenvalue weighted by atomic mass is 14.5. The molecule has 0 aromatic rings. The monoisotopic (exact) mass is 318 g/mol. The number of allylic oxidation sites excluding steroid dienone is 2. The quantitative estimate of drug-likeness (QED) is 0.454. The lowest BCUT2D eigenvalue weighted by atomic mass is 9.80. The first kappa shape index (κ1) is 19.1. The zero-order valence-electron chi connectivity index (χ0n) is 16.7. The molecule has 0 nitrogen and oxygen atoms in total. The van der Waals surface area contributed by atoms with Gasteiger partial charge in [-0.05, 0) is 75.0 Å². The summed E-state index contributed by atoms with van der Waals surface area (Å²) in [6.07, 6.45) is 15.7.